The molecule has 16 nitrogen and oxygen atoms in total. The van der Waals surface area contributed by atoms with Gasteiger partial charge in [-0.3, -0.25) is 23.9 Å². The molecule has 1 atom stereocenters. The van der Waals surface area contributed by atoms with E-state index < -0.39 is 5.97 Å². The van der Waals surface area contributed by atoms with Gasteiger partial charge in [-0.05, 0) is 108 Å². The molecule has 5 rings (SSSR count). The minimum Gasteiger partial charge on any atom is -0.497 e. The number of methoxy groups -OCH3 is 1. The van der Waals surface area contributed by atoms with Crippen molar-refractivity contribution < 1.29 is 42.6 Å². The molecule has 0 unspecified atom stereocenters. The summed E-state index contributed by atoms with van der Waals surface area (Å²) < 4.78 is 29.5. The van der Waals surface area contributed by atoms with Crippen molar-refractivity contribution in [2.45, 2.75) is 174 Å². The Balaban J connectivity index is 0.919. The summed E-state index contributed by atoms with van der Waals surface area (Å²) in [6.07, 6.45) is 25.1. The Morgan fingerprint density at radius 3 is 1.96 bits per heavy atom. The van der Waals surface area contributed by atoms with Gasteiger partial charge in [-0.25, -0.2) is 4.39 Å². The van der Waals surface area contributed by atoms with Gasteiger partial charge in [0, 0.05) is 63.9 Å². The predicted molar refractivity (Wildman–Crippen MR) is 315 cm³/mol. The second-order valence-corrected chi connectivity index (χ2v) is 23.4. The fraction of sp³-hybridized carbons (Fsp3) is 0.619. The summed E-state index contributed by atoms with van der Waals surface area (Å²) in [5, 5.41) is 27.2. The first-order chi connectivity index (χ1) is 38.6. The topological polar surface area (TPSA) is 226 Å². The van der Waals surface area contributed by atoms with E-state index in [4.69, 9.17) is 20.9 Å². The molecule has 0 spiro atoms. The van der Waals surface area contributed by atoms with Crippen LogP contribution in [0.1, 0.15) is 171 Å². The van der Waals surface area contributed by atoms with E-state index >= 15 is 4.39 Å². The maximum atomic E-state index is 15.5. The van der Waals surface area contributed by atoms with Crippen LogP contribution < -0.4 is 36.9 Å². The molecule has 3 amide bonds. The Labute approximate surface area is 476 Å². The second-order valence-electron chi connectivity index (χ2n) is 23.4. The van der Waals surface area contributed by atoms with E-state index in [2.05, 4.69) is 52.4 Å². The van der Waals surface area contributed by atoms with Crippen LogP contribution in [0.2, 0.25) is 0 Å². The van der Waals surface area contributed by atoms with Gasteiger partial charge in [0.1, 0.15) is 23.9 Å². The summed E-state index contributed by atoms with van der Waals surface area (Å²) in [7, 11) is 3.47. The first kappa shape index (κ1) is 64.9. The molecule has 1 saturated carbocycles. The number of unbranched alkanes of at least 4 members (excludes halogenated alkanes) is 14. The lowest BCUT2D eigenvalue weighted by Gasteiger charge is -2.33. The number of ether oxygens (including phenoxy) is 2. The van der Waals surface area contributed by atoms with Crippen LogP contribution in [0.15, 0.2) is 66.9 Å². The molecule has 1 heterocycles. The van der Waals surface area contributed by atoms with Gasteiger partial charge in [0.05, 0.1) is 32.8 Å². The highest BCUT2D eigenvalue weighted by atomic mass is 19.1. The number of halogens is 1. The maximum Gasteiger partial charge on any atom is 0.303 e. The van der Waals surface area contributed by atoms with E-state index in [0.717, 1.165) is 72.9 Å². The highest BCUT2D eigenvalue weighted by molar-refractivity contribution is 5.79. The quantitative estimate of drug-likeness (QED) is 0.0181. The molecule has 4 aromatic rings. The Hall–Kier alpha value is -5.91. The van der Waals surface area contributed by atoms with Crippen molar-refractivity contribution in [3.63, 3.8) is 0 Å². The number of carbonyl (C=O) groups is 4. The SMILES string of the molecule is COc1ccc(F)c(-c2ccc(COc3cccc([C@@H](CC(=O)O)C4CC4)c3)cc2CC(C)(C)Cn2cc(CCCCCCCCCCCCCCCCCC(=O)NCCC[N+](C)(CC(=O)NCCN)CC(=O)NCCN)nn2)c1. The van der Waals surface area contributed by atoms with E-state index in [0.29, 0.717) is 94.7 Å². The number of nitrogens with one attached hydrogen (secondary N) is 3. The zero-order valence-electron chi connectivity index (χ0n) is 48.9. The van der Waals surface area contributed by atoms with Crippen LogP contribution in [0.25, 0.3) is 11.1 Å². The molecular weight excluding hydrogens is 1010 g/mol. The first-order valence-electron chi connectivity index (χ1n) is 29.9. The first-order valence-corrected chi connectivity index (χ1v) is 29.9. The summed E-state index contributed by atoms with van der Waals surface area (Å²) >= 11 is 0. The highest BCUT2D eigenvalue weighted by Crippen LogP contribution is 2.45. The molecule has 8 N–H and O–H groups in total. The van der Waals surface area contributed by atoms with Crippen LogP contribution in [-0.4, -0.2) is 115 Å². The Kier molecular flexibility index (Phi) is 28.4. The Morgan fingerprint density at radius 2 is 1.36 bits per heavy atom. The van der Waals surface area contributed by atoms with Crippen LogP contribution in [0.3, 0.4) is 0 Å². The smallest absolute Gasteiger partial charge is 0.303 e. The largest absolute Gasteiger partial charge is 0.497 e. The Bertz CT molecular complexity index is 2480. The molecule has 1 aromatic heterocycles. The summed E-state index contributed by atoms with van der Waals surface area (Å²) in [5.74, 6) is 0.320. The third-order valence-corrected chi connectivity index (χ3v) is 15.3. The lowest BCUT2D eigenvalue weighted by Crippen LogP contribution is -2.56. The van der Waals surface area contributed by atoms with Crippen molar-refractivity contribution in [3.05, 3.63) is 95.1 Å². The van der Waals surface area contributed by atoms with Crippen molar-refractivity contribution >= 4 is 23.7 Å². The molecule has 1 fully saturated rings. The van der Waals surface area contributed by atoms with Crippen molar-refractivity contribution in [2.75, 3.05) is 66.5 Å². The number of hydrogen-bond donors (Lipinski definition) is 6. The number of likely N-dealkylation sites (N-methyl/N-ethyl adjacent to an activating group) is 1. The number of hydrogen-bond acceptors (Lipinski definition) is 10. The number of quaternary nitrogens is 1. The number of rotatable bonds is 43. The molecule has 442 valence electrons. The Morgan fingerprint density at radius 1 is 0.750 bits per heavy atom. The van der Waals surface area contributed by atoms with E-state index in [1.165, 1.54) is 76.7 Å². The van der Waals surface area contributed by atoms with Gasteiger partial charge in [-0.1, -0.05) is 133 Å². The number of benzene rings is 3. The number of nitrogens with zero attached hydrogens (tertiary/aromatic N) is 4. The van der Waals surface area contributed by atoms with Crippen LogP contribution in [0.5, 0.6) is 11.5 Å². The normalized spacial score (nSPS) is 13.0. The zero-order valence-corrected chi connectivity index (χ0v) is 48.9. The van der Waals surface area contributed by atoms with Gasteiger partial charge in [-0.2, -0.15) is 0 Å². The average Bonchev–Trinajstić information content (AvgIpc) is 4.20. The van der Waals surface area contributed by atoms with Gasteiger partial charge < -0.3 is 46.5 Å². The maximum absolute atomic E-state index is 15.5. The second kappa shape index (κ2) is 35.1. The van der Waals surface area contributed by atoms with Gasteiger partial charge in [-0.15, -0.1) is 5.10 Å². The summed E-state index contributed by atoms with van der Waals surface area (Å²) in [6.45, 7) is 8.24. The zero-order chi connectivity index (χ0) is 57.6. The third kappa shape index (κ3) is 24.8. The van der Waals surface area contributed by atoms with Crippen LogP contribution in [0.4, 0.5) is 4.39 Å². The fourth-order valence-electron chi connectivity index (χ4n) is 10.9. The van der Waals surface area contributed by atoms with Crippen molar-refractivity contribution in [2.24, 2.45) is 22.8 Å². The van der Waals surface area contributed by atoms with Crippen LogP contribution >= 0.6 is 0 Å². The molecule has 0 aliphatic heterocycles. The monoisotopic (exact) mass is 1110 g/mol. The highest BCUT2D eigenvalue weighted by Gasteiger charge is 2.34. The molecule has 1 aliphatic rings. The molecule has 1 aliphatic carbocycles. The lowest BCUT2D eigenvalue weighted by molar-refractivity contribution is -0.894. The van der Waals surface area contributed by atoms with Crippen LogP contribution in [-0.2, 0) is 45.2 Å². The molecule has 0 bridgehead atoms. The summed E-state index contributed by atoms with van der Waals surface area (Å²) in [5.41, 5.74) is 16.0. The fourth-order valence-corrected chi connectivity index (χ4v) is 10.9. The molecule has 0 saturated heterocycles. The standard InChI is InChI=1S/C63H96FN9O7/c1-63(2,42-51-38-48(26-30-55(51)57-40-53(79-4)29-31-58(57)64)46-80-54-24-20-22-50(39-54)56(41-62(77)78)49-27-28-49)47-72-43-52(70-71-72)23-18-16-14-12-10-8-6-5-7-9-11-13-15-17-19-25-59(74)67-34-21-37-73(3,44-60(75)68-35-32-65)45-61(76)69-36-33-66/h20,22,24,26,29-31,38-40,43,49,56H,5-19,21,23,25,27-28,32-37,41-42,44-47,65-66H2,1-4H3,(H3-,67,68,69,74,75,76,77,78)/p+1/t56-/m0/s1. The number of carboxylic acids is 1. The summed E-state index contributed by atoms with van der Waals surface area (Å²) in [6, 6.07) is 18.7. The molecular formula is C63H97FN9O7+. The van der Waals surface area contributed by atoms with E-state index in [1.807, 2.05) is 48.1 Å². The molecule has 3 aromatic carbocycles. The third-order valence-electron chi connectivity index (χ3n) is 15.3. The van der Waals surface area contributed by atoms with E-state index in [9.17, 15) is 24.3 Å². The molecule has 17 heteroatoms. The predicted octanol–water partition coefficient (Wildman–Crippen LogP) is 9.80. The van der Waals surface area contributed by atoms with E-state index in [1.54, 1.807) is 19.2 Å². The number of aromatic nitrogens is 3. The van der Waals surface area contributed by atoms with Crippen molar-refractivity contribution in [1.82, 2.24) is 30.9 Å². The number of aliphatic carboxylic acids is 1. The number of aryl methyl sites for hydroxylation is 1. The molecule has 0 radical (unpaired) electrons. The van der Waals surface area contributed by atoms with Crippen LogP contribution in [0, 0.1) is 17.2 Å². The minimum absolute atomic E-state index is 0.0168. The van der Waals surface area contributed by atoms with Crippen molar-refractivity contribution in [1.29, 1.82) is 0 Å². The number of carboxylic acid groups (broad SMARTS) is 1. The lowest BCUT2D eigenvalue weighted by atomic mass is 9.82. The van der Waals surface area contributed by atoms with E-state index in [-0.39, 0.29) is 58.9 Å². The average molecular weight is 1110 g/mol. The van der Waals surface area contributed by atoms with Gasteiger partial charge in [0.15, 0.2) is 13.1 Å². The summed E-state index contributed by atoms with van der Waals surface area (Å²) in [4.78, 5) is 49.0. The van der Waals surface area contributed by atoms with Crippen molar-refractivity contribution in [3.8, 4) is 22.6 Å². The number of carbonyl (C=O) groups excluding carboxylic acids is 3. The minimum atomic E-state index is -0.785. The molecule has 80 heavy (non-hydrogen) atoms. The van der Waals surface area contributed by atoms with Gasteiger partial charge in [0.25, 0.3) is 11.8 Å². The van der Waals surface area contributed by atoms with Gasteiger partial charge in [0.2, 0.25) is 5.91 Å². The number of nitrogens with two attached hydrogens (primary N) is 2. The van der Waals surface area contributed by atoms with Gasteiger partial charge >= 0.3 is 5.97 Å². The number of amides is 3.